The van der Waals surface area contributed by atoms with E-state index in [1.165, 1.54) is 21.3 Å². The van der Waals surface area contributed by atoms with Gasteiger partial charge < -0.3 is 29.0 Å². The normalized spacial score (nSPS) is 13.2. The summed E-state index contributed by atoms with van der Waals surface area (Å²) in [6.45, 7) is 0.897. The van der Waals surface area contributed by atoms with E-state index < -0.39 is 12.0 Å². The average molecular weight is 401 g/mol. The monoisotopic (exact) mass is 401 g/mol. The molecule has 1 unspecified atom stereocenters. The summed E-state index contributed by atoms with van der Waals surface area (Å²) < 4.78 is 26.4. The number of esters is 1. The molecule has 0 saturated carbocycles. The second-order valence-electron chi connectivity index (χ2n) is 6.28. The summed E-state index contributed by atoms with van der Waals surface area (Å²) in [5.41, 5.74) is 1.07. The molecule has 1 aliphatic heterocycles. The van der Waals surface area contributed by atoms with Gasteiger partial charge in [-0.3, -0.25) is 9.59 Å². The number of ether oxygens (including phenoxy) is 5. The van der Waals surface area contributed by atoms with Gasteiger partial charge in [0.05, 0.1) is 33.8 Å². The number of hydrogen-bond acceptors (Lipinski definition) is 7. The van der Waals surface area contributed by atoms with E-state index in [1.54, 1.807) is 36.4 Å². The predicted octanol–water partition coefficient (Wildman–Crippen LogP) is 2.51. The van der Waals surface area contributed by atoms with Crippen LogP contribution in [0.25, 0.3) is 0 Å². The van der Waals surface area contributed by atoms with Crippen molar-refractivity contribution in [1.82, 2.24) is 5.32 Å². The minimum Gasteiger partial charge on any atom is -0.493 e. The number of benzene rings is 2. The summed E-state index contributed by atoms with van der Waals surface area (Å²) >= 11 is 0. The lowest BCUT2D eigenvalue weighted by Gasteiger charge is -2.21. The summed E-state index contributed by atoms with van der Waals surface area (Å²) in [6, 6.07) is 9.53. The van der Waals surface area contributed by atoms with E-state index in [0.717, 1.165) is 0 Å². The van der Waals surface area contributed by atoms with E-state index in [2.05, 4.69) is 5.32 Å². The van der Waals surface area contributed by atoms with Gasteiger partial charge in [0.1, 0.15) is 13.2 Å². The van der Waals surface area contributed by atoms with Crippen LogP contribution >= 0.6 is 0 Å². The van der Waals surface area contributed by atoms with Crippen LogP contribution < -0.4 is 24.3 Å². The molecule has 1 N–H and O–H groups in total. The lowest BCUT2D eigenvalue weighted by atomic mass is 10.0. The Hall–Kier alpha value is -3.42. The molecule has 1 heterocycles. The zero-order valence-electron chi connectivity index (χ0n) is 16.5. The first-order chi connectivity index (χ1) is 14.0. The van der Waals surface area contributed by atoms with Crippen molar-refractivity contribution in [2.24, 2.45) is 0 Å². The number of amides is 1. The standard InChI is InChI=1S/C21H23NO7/c1-25-16-6-4-13(10-18(16)26-2)15(12-20(23)27-3)22-21(24)14-5-7-17-19(11-14)29-9-8-28-17/h4-7,10-11,15H,8-9,12H2,1-3H3,(H,22,24). The van der Waals surface area contributed by atoms with E-state index in [-0.39, 0.29) is 12.3 Å². The lowest BCUT2D eigenvalue weighted by molar-refractivity contribution is -0.141. The second-order valence-corrected chi connectivity index (χ2v) is 6.28. The Morgan fingerprint density at radius 2 is 1.69 bits per heavy atom. The largest absolute Gasteiger partial charge is 0.493 e. The molecule has 0 radical (unpaired) electrons. The van der Waals surface area contributed by atoms with Gasteiger partial charge in [0, 0.05) is 5.56 Å². The minimum absolute atomic E-state index is 0.0394. The van der Waals surface area contributed by atoms with Crippen LogP contribution in [0.4, 0.5) is 0 Å². The van der Waals surface area contributed by atoms with Crippen LogP contribution in [0.2, 0.25) is 0 Å². The van der Waals surface area contributed by atoms with Crippen molar-refractivity contribution in [3.05, 3.63) is 47.5 Å². The first kappa shape index (κ1) is 20.3. The van der Waals surface area contributed by atoms with Crippen LogP contribution in [0.15, 0.2) is 36.4 Å². The zero-order chi connectivity index (χ0) is 20.8. The molecule has 1 aliphatic rings. The molecule has 1 amide bonds. The summed E-state index contributed by atoms with van der Waals surface area (Å²) in [5, 5.41) is 2.88. The SMILES string of the molecule is COC(=O)CC(NC(=O)c1ccc2c(c1)OCCO2)c1ccc(OC)c(OC)c1. The van der Waals surface area contributed by atoms with E-state index in [0.29, 0.717) is 47.3 Å². The van der Waals surface area contributed by atoms with Gasteiger partial charge in [0.2, 0.25) is 0 Å². The van der Waals surface area contributed by atoms with Gasteiger partial charge in [0.15, 0.2) is 23.0 Å². The molecular weight excluding hydrogens is 378 g/mol. The molecule has 0 aliphatic carbocycles. The molecule has 8 heteroatoms. The number of methoxy groups -OCH3 is 3. The number of fused-ring (bicyclic) bond motifs is 1. The third-order valence-electron chi connectivity index (χ3n) is 4.52. The van der Waals surface area contributed by atoms with Gasteiger partial charge in [-0.2, -0.15) is 0 Å². The molecule has 0 bridgehead atoms. The highest BCUT2D eigenvalue weighted by molar-refractivity contribution is 5.95. The number of rotatable bonds is 7. The summed E-state index contributed by atoms with van der Waals surface area (Å²) in [6.07, 6.45) is -0.0394. The highest BCUT2D eigenvalue weighted by atomic mass is 16.6. The third-order valence-corrected chi connectivity index (χ3v) is 4.52. The summed E-state index contributed by atoms with van der Waals surface area (Å²) in [5.74, 6) is 1.34. The van der Waals surface area contributed by atoms with Crippen molar-refractivity contribution in [1.29, 1.82) is 0 Å². The maximum Gasteiger partial charge on any atom is 0.307 e. The van der Waals surface area contributed by atoms with Crippen molar-refractivity contribution in [2.45, 2.75) is 12.5 Å². The molecule has 0 saturated heterocycles. The smallest absolute Gasteiger partial charge is 0.307 e. The number of nitrogens with one attached hydrogen (secondary N) is 1. The van der Waals surface area contributed by atoms with E-state index in [1.807, 2.05) is 0 Å². The summed E-state index contributed by atoms with van der Waals surface area (Å²) in [7, 11) is 4.36. The van der Waals surface area contributed by atoms with Crippen molar-refractivity contribution in [2.75, 3.05) is 34.5 Å². The molecule has 0 spiro atoms. The van der Waals surface area contributed by atoms with Crippen LogP contribution in [0.5, 0.6) is 23.0 Å². The topological polar surface area (TPSA) is 92.3 Å². The van der Waals surface area contributed by atoms with Crippen molar-refractivity contribution >= 4 is 11.9 Å². The fourth-order valence-corrected chi connectivity index (χ4v) is 3.00. The van der Waals surface area contributed by atoms with Gasteiger partial charge in [0.25, 0.3) is 5.91 Å². The Morgan fingerprint density at radius 3 is 2.38 bits per heavy atom. The Labute approximate surface area is 168 Å². The van der Waals surface area contributed by atoms with E-state index >= 15 is 0 Å². The first-order valence-electron chi connectivity index (χ1n) is 9.05. The van der Waals surface area contributed by atoms with Crippen molar-refractivity contribution in [3.63, 3.8) is 0 Å². The second kappa shape index (κ2) is 9.18. The minimum atomic E-state index is -0.622. The van der Waals surface area contributed by atoms with E-state index in [4.69, 9.17) is 23.7 Å². The lowest BCUT2D eigenvalue weighted by Crippen LogP contribution is -2.30. The molecule has 2 aromatic rings. The quantitative estimate of drug-likeness (QED) is 0.713. The molecular formula is C21H23NO7. The fraction of sp³-hybridized carbons (Fsp3) is 0.333. The fourth-order valence-electron chi connectivity index (χ4n) is 3.00. The first-order valence-corrected chi connectivity index (χ1v) is 9.05. The average Bonchev–Trinajstić information content (AvgIpc) is 2.77. The highest BCUT2D eigenvalue weighted by Gasteiger charge is 2.22. The Balaban J connectivity index is 1.85. The van der Waals surface area contributed by atoms with Gasteiger partial charge >= 0.3 is 5.97 Å². The van der Waals surface area contributed by atoms with Crippen LogP contribution in [-0.4, -0.2) is 46.4 Å². The maximum absolute atomic E-state index is 12.8. The molecule has 29 heavy (non-hydrogen) atoms. The maximum atomic E-state index is 12.8. The Morgan fingerprint density at radius 1 is 0.966 bits per heavy atom. The molecule has 0 fully saturated rings. The third kappa shape index (κ3) is 4.71. The van der Waals surface area contributed by atoms with Gasteiger partial charge in [-0.25, -0.2) is 0 Å². The van der Waals surface area contributed by atoms with Crippen LogP contribution in [0, 0.1) is 0 Å². The van der Waals surface area contributed by atoms with Gasteiger partial charge in [-0.15, -0.1) is 0 Å². The van der Waals surface area contributed by atoms with Crippen LogP contribution in [0.3, 0.4) is 0 Å². The van der Waals surface area contributed by atoms with Gasteiger partial charge in [-0.1, -0.05) is 6.07 Å². The Kier molecular flexibility index (Phi) is 6.43. The number of hydrogen-bond donors (Lipinski definition) is 1. The molecule has 0 aromatic heterocycles. The number of carbonyl (C=O) groups excluding carboxylic acids is 2. The Bertz CT molecular complexity index is 897. The molecule has 3 rings (SSSR count). The number of carbonyl (C=O) groups is 2. The van der Waals surface area contributed by atoms with Crippen molar-refractivity contribution < 1.29 is 33.3 Å². The van der Waals surface area contributed by atoms with E-state index in [9.17, 15) is 9.59 Å². The molecule has 2 aromatic carbocycles. The zero-order valence-corrected chi connectivity index (χ0v) is 16.5. The van der Waals surface area contributed by atoms with Crippen LogP contribution in [0.1, 0.15) is 28.4 Å². The van der Waals surface area contributed by atoms with Gasteiger partial charge in [-0.05, 0) is 35.9 Å². The molecule has 154 valence electrons. The van der Waals surface area contributed by atoms with Crippen molar-refractivity contribution in [3.8, 4) is 23.0 Å². The predicted molar refractivity (Wildman–Crippen MR) is 104 cm³/mol. The molecule has 1 atom stereocenters. The molecule has 8 nitrogen and oxygen atoms in total. The summed E-state index contributed by atoms with van der Waals surface area (Å²) in [4.78, 5) is 24.8. The van der Waals surface area contributed by atoms with Crippen LogP contribution in [-0.2, 0) is 9.53 Å². The highest BCUT2D eigenvalue weighted by Crippen LogP contribution is 2.33.